The minimum absolute atomic E-state index is 0.626. The van der Waals surface area contributed by atoms with Gasteiger partial charge >= 0.3 is 17.9 Å². The van der Waals surface area contributed by atoms with Gasteiger partial charge < -0.3 is 28.4 Å². The third-order valence-corrected chi connectivity index (χ3v) is 3.04. The van der Waals surface area contributed by atoms with Gasteiger partial charge in [0.1, 0.15) is 6.10 Å². The van der Waals surface area contributed by atoms with E-state index in [4.69, 9.17) is 23.7 Å². The number of methoxy groups -OCH3 is 3. The van der Waals surface area contributed by atoms with Gasteiger partial charge in [-0.25, -0.2) is 4.79 Å². The standard InChI is InChI=1S/C13H20O9/c1-6(14)20-9-8(17-3)10(12(16)18-4)22-13(19-5)11(9)21-7(2)15/h8-11,13H,1-5H3. The van der Waals surface area contributed by atoms with Gasteiger partial charge in [-0.1, -0.05) is 0 Å². The average Bonchev–Trinajstić information content (AvgIpc) is 2.46. The lowest BCUT2D eigenvalue weighted by atomic mass is 9.98. The zero-order valence-corrected chi connectivity index (χ0v) is 13.1. The monoisotopic (exact) mass is 320 g/mol. The van der Waals surface area contributed by atoms with E-state index in [9.17, 15) is 14.4 Å². The minimum Gasteiger partial charge on any atom is -0.467 e. The van der Waals surface area contributed by atoms with Gasteiger partial charge in [0.2, 0.25) is 0 Å². The van der Waals surface area contributed by atoms with Crippen LogP contribution in [0.5, 0.6) is 0 Å². The summed E-state index contributed by atoms with van der Waals surface area (Å²) in [7, 11) is 3.78. The van der Waals surface area contributed by atoms with E-state index in [0.717, 1.165) is 0 Å². The Bertz CT molecular complexity index is 422. The van der Waals surface area contributed by atoms with Crippen molar-refractivity contribution in [3.05, 3.63) is 0 Å². The molecule has 0 aromatic heterocycles. The van der Waals surface area contributed by atoms with Crippen LogP contribution < -0.4 is 0 Å². The predicted octanol–water partition coefficient (Wildman–Crippen LogP) is -0.591. The maximum atomic E-state index is 11.8. The summed E-state index contributed by atoms with van der Waals surface area (Å²) in [5.74, 6) is -1.99. The number of rotatable bonds is 5. The third kappa shape index (κ3) is 4.15. The van der Waals surface area contributed by atoms with Gasteiger partial charge in [-0.2, -0.15) is 0 Å². The summed E-state index contributed by atoms with van der Waals surface area (Å²) in [5, 5.41) is 0. The van der Waals surface area contributed by atoms with Crippen molar-refractivity contribution in [3.8, 4) is 0 Å². The first-order chi connectivity index (χ1) is 10.3. The van der Waals surface area contributed by atoms with Gasteiger partial charge in [0, 0.05) is 28.1 Å². The van der Waals surface area contributed by atoms with Crippen LogP contribution in [0.3, 0.4) is 0 Å². The fourth-order valence-corrected chi connectivity index (χ4v) is 2.21. The van der Waals surface area contributed by atoms with E-state index in [2.05, 4.69) is 4.74 Å². The molecule has 9 heteroatoms. The molecule has 126 valence electrons. The number of hydrogen-bond acceptors (Lipinski definition) is 9. The van der Waals surface area contributed by atoms with E-state index >= 15 is 0 Å². The Morgan fingerprint density at radius 2 is 1.36 bits per heavy atom. The molecule has 0 radical (unpaired) electrons. The van der Waals surface area contributed by atoms with Gasteiger partial charge in [0.05, 0.1) is 7.11 Å². The highest BCUT2D eigenvalue weighted by molar-refractivity contribution is 5.76. The molecule has 1 aliphatic heterocycles. The Labute approximate surface area is 127 Å². The van der Waals surface area contributed by atoms with Crippen LogP contribution in [-0.2, 0) is 42.8 Å². The summed E-state index contributed by atoms with van der Waals surface area (Å²) in [5.41, 5.74) is 0. The van der Waals surface area contributed by atoms with Gasteiger partial charge in [-0.15, -0.1) is 0 Å². The second-order valence-electron chi connectivity index (χ2n) is 4.53. The zero-order valence-electron chi connectivity index (χ0n) is 13.1. The molecule has 0 aromatic carbocycles. The van der Waals surface area contributed by atoms with Crippen LogP contribution in [0.1, 0.15) is 13.8 Å². The van der Waals surface area contributed by atoms with Crippen LogP contribution in [0.2, 0.25) is 0 Å². The Hall–Kier alpha value is -1.71. The summed E-state index contributed by atoms with van der Waals surface area (Å²) in [4.78, 5) is 34.4. The lowest BCUT2D eigenvalue weighted by Crippen LogP contribution is -2.63. The molecule has 1 heterocycles. The van der Waals surface area contributed by atoms with E-state index in [0.29, 0.717) is 0 Å². The topological polar surface area (TPSA) is 107 Å². The molecule has 1 fully saturated rings. The fourth-order valence-electron chi connectivity index (χ4n) is 2.21. The van der Waals surface area contributed by atoms with Crippen molar-refractivity contribution in [2.75, 3.05) is 21.3 Å². The van der Waals surface area contributed by atoms with Crippen molar-refractivity contribution in [2.24, 2.45) is 0 Å². The smallest absolute Gasteiger partial charge is 0.338 e. The average molecular weight is 320 g/mol. The van der Waals surface area contributed by atoms with E-state index < -0.39 is 48.6 Å². The van der Waals surface area contributed by atoms with Crippen molar-refractivity contribution < 1.29 is 42.8 Å². The maximum absolute atomic E-state index is 11.8. The number of carbonyl (C=O) groups excluding carboxylic acids is 3. The van der Waals surface area contributed by atoms with Crippen LogP contribution in [0.4, 0.5) is 0 Å². The quantitative estimate of drug-likeness (QED) is 0.485. The molecular formula is C13H20O9. The second-order valence-corrected chi connectivity index (χ2v) is 4.53. The number of ether oxygens (including phenoxy) is 6. The van der Waals surface area contributed by atoms with Gasteiger partial charge in [-0.05, 0) is 0 Å². The SMILES string of the molecule is COC(=O)C1OC(OC)C(OC(C)=O)C(OC(C)=O)C1OC. The normalized spacial score (nSPS) is 31.2. The molecule has 9 nitrogen and oxygen atoms in total. The van der Waals surface area contributed by atoms with E-state index in [1.54, 1.807) is 0 Å². The Kier molecular flexibility index (Phi) is 6.72. The Morgan fingerprint density at radius 1 is 0.818 bits per heavy atom. The first kappa shape index (κ1) is 18.3. The van der Waals surface area contributed by atoms with Crippen LogP contribution in [0.25, 0.3) is 0 Å². The second kappa shape index (κ2) is 8.06. The summed E-state index contributed by atoms with van der Waals surface area (Å²) in [6, 6.07) is 0. The third-order valence-electron chi connectivity index (χ3n) is 3.04. The summed E-state index contributed by atoms with van der Waals surface area (Å²) in [6.07, 6.45) is -5.52. The molecule has 22 heavy (non-hydrogen) atoms. The summed E-state index contributed by atoms with van der Waals surface area (Å²) < 4.78 is 30.6. The Morgan fingerprint density at radius 3 is 1.77 bits per heavy atom. The highest BCUT2D eigenvalue weighted by Crippen LogP contribution is 2.29. The van der Waals surface area contributed by atoms with Gasteiger partial charge in [0.25, 0.3) is 0 Å². The number of carbonyl (C=O) groups is 3. The molecular weight excluding hydrogens is 300 g/mol. The first-order valence-corrected chi connectivity index (χ1v) is 6.49. The van der Waals surface area contributed by atoms with Crippen molar-refractivity contribution in [1.29, 1.82) is 0 Å². The van der Waals surface area contributed by atoms with Gasteiger partial charge in [-0.3, -0.25) is 9.59 Å². The molecule has 5 unspecified atom stereocenters. The van der Waals surface area contributed by atoms with Crippen molar-refractivity contribution >= 4 is 17.9 Å². The lowest BCUT2D eigenvalue weighted by molar-refractivity contribution is -0.297. The van der Waals surface area contributed by atoms with Crippen LogP contribution >= 0.6 is 0 Å². The molecule has 0 amide bonds. The molecule has 1 rings (SSSR count). The minimum atomic E-state index is -1.20. The van der Waals surface area contributed by atoms with Crippen molar-refractivity contribution in [1.82, 2.24) is 0 Å². The highest BCUT2D eigenvalue weighted by Gasteiger charge is 2.53. The van der Waals surface area contributed by atoms with Crippen LogP contribution in [0.15, 0.2) is 0 Å². The molecule has 0 aliphatic carbocycles. The molecule has 0 spiro atoms. The molecule has 1 aliphatic rings. The molecule has 0 aromatic rings. The van der Waals surface area contributed by atoms with Gasteiger partial charge in [0.15, 0.2) is 24.6 Å². The van der Waals surface area contributed by atoms with E-state index in [-0.39, 0.29) is 0 Å². The van der Waals surface area contributed by atoms with Crippen molar-refractivity contribution in [2.45, 2.75) is 44.6 Å². The number of hydrogen-bond donors (Lipinski definition) is 0. The molecule has 1 saturated heterocycles. The predicted molar refractivity (Wildman–Crippen MR) is 69.6 cm³/mol. The number of esters is 3. The van der Waals surface area contributed by atoms with Crippen molar-refractivity contribution in [3.63, 3.8) is 0 Å². The highest BCUT2D eigenvalue weighted by atomic mass is 16.7. The zero-order chi connectivity index (χ0) is 16.9. The Balaban J connectivity index is 3.16. The van der Waals surface area contributed by atoms with E-state index in [1.807, 2.05) is 0 Å². The largest absolute Gasteiger partial charge is 0.467 e. The molecule has 0 saturated carbocycles. The van der Waals surface area contributed by atoms with Crippen LogP contribution in [0, 0.1) is 0 Å². The maximum Gasteiger partial charge on any atom is 0.338 e. The fraction of sp³-hybridized carbons (Fsp3) is 0.769. The summed E-state index contributed by atoms with van der Waals surface area (Å²) >= 11 is 0. The summed E-state index contributed by atoms with van der Waals surface area (Å²) in [6.45, 7) is 2.37. The lowest BCUT2D eigenvalue weighted by Gasteiger charge is -2.42. The first-order valence-electron chi connectivity index (χ1n) is 6.49. The molecule has 5 atom stereocenters. The van der Waals surface area contributed by atoms with Crippen LogP contribution in [-0.4, -0.2) is 69.9 Å². The molecule has 0 bridgehead atoms. The molecule has 0 N–H and O–H groups in total. The van der Waals surface area contributed by atoms with E-state index in [1.165, 1.54) is 35.2 Å².